The molecule has 11 rings (SSSR count). The first-order valence-electron chi connectivity index (χ1n) is 23.5. The van der Waals surface area contributed by atoms with E-state index >= 15 is 0 Å². The zero-order valence-corrected chi connectivity index (χ0v) is 41.5. The van der Waals surface area contributed by atoms with E-state index in [4.69, 9.17) is 9.72 Å². The summed E-state index contributed by atoms with van der Waals surface area (Å²) in [6.45, 7) is 16.0. The van der Waals surface area contributed by atoms with Crippen LogP contribution in [0.25, 0.3) is 72.3 Å². The van der Waals surface area contributed by atoms with Gasteiger partial charge in [-0.25, -0.2) is 0 Å². The van der Waals surface area contributed by atoms with Crippen molar-refractivity contribution >= 4 is 32.8 Å². The number of nitrogens with zero attached hydrogens (tertiary/aromatic N) is 4. The standard InChI is InChI=1S/C61H54N4O.Pt/c1-40-29-30-62-58(31-40)65-56-35-43-20-12-11-19-42(43)34-53(56)52-28-27-49(38-57(52)65)66-48-22-15-21-47(37-48)63-39-64(55-26-14-13-25-54(55)63)59-50(41-17-9-8-10-18-41)23-16-24-51(59)44-32-45(60(2,3)4)36-46(33-44)61(5,6)7;/h8-10,13-18,21-36H,11-12,19-20H2,1-7H3;/q-2;. The van der Waals surface area contributed by atoms with Crippen LogP contribution < -0.4 is 4.74 Å². The van der Waals surface area contributed by atoms with Crippen LogP contribution in [-0.4, -0.2) is 18.7 Å². The zero-order valence-electron chi connectivity index (χ0n) is 39.3. The fraction of sp³-hybridized carbons (Fsp3) is 0.213. The second kappa shape index (κ2) is 16.6. The Hall–Kier alpha value is -6.55. The Morgan fingerprint density at radius 1 is 0.552 bits per heavy atom. The number of pyridine rings is 1. The fourth-order valence-electron chi connectivity index (χ4n) is 9.91. The number of rotatable bonds is 7. The number of hydrogen-bond acceptors (Lipinski definition) is 2. The van der Waals surface area contributed by atoms with Gasteiger partial charge in [-0.15, -0.1) is 0 Å². The van der Waals surface area contributed by atoms with E-state index in [0.717, 1.165) is 78.0 Å². The van der Waals surface area contributed by atoms with E-state index in [0.29, 0.717) is 11.5 Å². The summed E-state index contributed by atoms with van der Waals surface area (Å²) in [5.74, 6) is 2.12. The first kappa shape index (κ1) is 43.0. The minimum atomic E-state index is -0.0342. The average Bonchev–Trinajstić information content (AvgIpc) is 3.79. The Bertz CT molecular complexity index is 3580. The molecule has 0 unspecified atom stereocenters. The van der Waals surface area contributed by atoms with Gasteiger partial charge in [-0.2, -0.15) is 0 Å². The van der Waals surface area contributed by atoms with Crippen LogP contribution in [0.4, 0.5) is 0 Å². The van der Waals surface area contributed by atoms with Crippen LogP contribution in [-0.2, 0) is 43.0 Å². The van der Waals surface area contributed by atoms with Crippen molar-refractivity contribution < 1.29 is 24.1 Å². The molecular weight excluding hydrogens is 1000 g/mol. The third kappa shape index (κ3) is 7.81. The molecule has 0 radical (unpaired) electrons. The molecule has 0 N–H and O–H groups in total. The number of ether oxygens (including phenoxy) is 1. The molecule has 0 aliphatic heterocycles. The molecule has 0 bridgehead atoms. The molecule has 0 atom stereocenters. The Morgan fingerprint density at radius 3 is 1.90 bits per heavy atom. The van der Waals surface area contributed by atoms with Gasteiger partial charge in [-0.1, -0.05) is 0 Å². The van der Waals surface area contributed by atoms with Crippen LogP contribution >= 0.6 is 0 Å². The van der Waals surface area contributed by atoms with Crippen LogP contribution in [0.2, 0.25) is 0 Å². The van der Waals surface area contributed by atoms with Crippen molar-refractivity contribution in [1.82, 2.24) is 18.7 Å². The van der Waals surface area contributed by atoms with E-state index in [1.165, 1.54) is 51.6 Å². The maximum atomic E-state index is 6.77. The van der Waals surface area contributed by atoms with Crippen molar-refractivity contribution in [3.05, 3.63) is 196 Å². The van der Waals surface area contributed by atoms with Gasteiger partial charge in [-0.3, -0.25) is 0 Å². The summed E-state index contributed by atoms with van der Waals surface area (Å²) >= 11 is 2.52. The van der Waals surface area contributed by atoms with Crippen LogP contribution in [0.3, 0.4) is 0 Å². The van der Waals surface area contributed by atoms with E-state index in [1.54, 1.807) is 0 Å². The molecule has 336 valence electrons. The van der Waals surface area contributed by atoms with Crippen LogP contribution in [0.5, 0.6) is 11.5 Å². The molecule has 1 aliphatic carbocycles. The number of para-hydroxylation sites is 3. The SMILES string of the molecule is Cc1ccnc(-n2c3[c-]c(Oc4[c-]c(-n5[c](=[Pt])n(-c6c(-c7ccccc7)cccc6-c6cc(C(C)(C)C)cc(C(C)(C)C)c6)c6ccccc65)ccc4)ccc3c3cc4c(cc32)CCCC4)c1. The number of aryl methyl sites for hydroxylation is 3. The number of hydrogen-bond donors (Lipinski definition) is 0. The van der Waals surface area contributed by atoms with Gasteiger partial charge in [0.2, 0.25) is 0 Å². The van der Waals surface area contributed by atoms with Gasteiger partial charge < -0.3 is 0 Å². The molecule has 0 amide bonds. The summed E-state index contributed by atoms with van der Waals surface area (Å²) in [7, 11) is 0. The topological polar surface area (TPSA) is 36.9 Å². The molecule has 5 nitrogen and oxygen atoms in total. The average molecular weight is 1050 g/mol. The Kier molecular flexibility index (Phi) is 10.7. The quantitative estimate of drug-likeness (QED) is 0.149. The van der Waals surface area contributed by atoms with Crippen molar-refractivity contribution in [2.45, 2.75) is 85.0 Å². The minimum Gasteiger partial charge on any atom is -0.0489 e. The number of imidazole rings is 1. The Balaban J connectivity index is 1.07. The van der Waals surface area contributed by atoms with Crippen molar-refractivity contribution in [3.8, 4) is 50.9 Å². The van der Waals surface area contributed by atoms with Gasteiger partial charge >= 0.3 is 346 Å². The zero-order chi connectivity index (χ0) is 46.2. The molecule has 10 aromatic rings. The molecule has 1 aliphatic rings. The molecule has 7 aromatic carbocycles. The molecule has 0 saturated carbocycles. The second-order valence-corrected chi connectivity index (χ2v) is 21.2. The molecule has 3 aromatic heterocycles. The van der Waals surface area contributed by atoms with E-state index in [9.17, 15) is 0 Å². The van der Waals surface area contributed by atoms with Crippen LogP contribution in [0.1, 0.15) is 82.2 Å². The predicted molar refractivity (Wildman–Crippen MR) is 272 cm³/mol. The second-order valence-electron chi connectivity index (χ2n) is 20.2. The van der Waals surface area contributed by atoms with Crippen molar-refractivity contribution in [2.75, 3.05) is 0 Å². The Labute approximate surface area is 404 Å². The van der Waals surface area contributed by atoms with E-state index in [1.807, 2.05) is 24.4 Å². The fourth-order valence-corrected chi connectivity index (χ4v) is 11.0. The Morgan fingerprint density at radius 2 is 1.19 bits per heavy atom. The van der Waals surface area contributed by atoms with E-state index in [-0.39, 0.29) is 10.8 Å². The summed E-state index contributed by atoms with van der Waals surface area (Å²) in [6.07, 6.45) is 6.59. The van der Waals surface area contributed by atoms with Gasteiger partial charge in [0.1, 0.15) is 0 Å². The van der Waals surface area contributed by atoms with Gasteiger partial charge in [0.25, 0.3) is 0 Å². The monoisotopic (exact) mass is 1050 g/mol. The van der Waals surface area contributed by atoms with Crippen molar-refractivity contribution in [3.63, 3.8) is 0 Å². The van der Waals surface area contributed by atoms with E-state index < -0.39 is 0 Å². The smallest absolute Gasteiger partial charge is 0.0489 e. The van der Waals surface area contributed by atoms with Gasteiger partial charge in [-0.05, 0) is 55.4 Å². The van der Waals surface area contributed by atoms with Gasteiger partial charge in [0.15, 0.2) is 0 Å². The molecule has 3 heterocycles. The molecule has 0 fully saturated rings. The van der Waals surface area contributed by atoms with Crippen molar-refractivity contribution in [2.24, 2.45) is 0 Å². The predicted octanol–water partition coefficient (Wildman–Crippen LogP) is 15.5. The maximum absolute atomic E-state index is 6.77. The minimum absolute atomic E-state index is 0.0342. The molecule has 6 heteroatoms. The number of benzene rings is 7. The third-order valence-corrected chi connectivity index (χ3v) is 14.5. The molecule has 0 spiro atoms. The third-order valence-electron chi connectivity index (χ3n) is 13.5. The summed E-state index contributed by atoms with van der Waals surface area (Å²) < 4.78 is 14.8. The van der Waals surface area contributed by atoms with Crippen LogP contribution in [0.15, 0.2) is 152 Å². The van der Waals surface area contributed by atoms with Crippen LogP contribution in [0, 0.1) is 22.9 Å². The molecular formula is C61H54N4OPt-2. The summed E-state index contributed by atoms with van der Waals surface area (Å²) in [5, 5.41) is 2.37. The summed E-state index contributed by atoms with van der Waals surface area (Å²) in [6, 6.07) is 60.2. The van der Waals surface area contributed by atoms with E-state index in [2.05, 4.69) is 221 Å². The molecule has 67 heavy (non-hydrogen) atoms. The van der Waals surface area contributed by atoms with Gasteiger partial charge in [0.05, 0.1) is 0 Å². The first-order chi connectivity index (χ1) is 32.3. The normalized spacial score (nSPS) is 13.1. The number of fused-ring (bicyclic) bond motifs is 5. The summed E-state index contributed by atoms with van der Waals surface area (Å²) in [5.41, 5.74) is 17.6. The first-order valence-corrected chi connectivity index (χ1v) is 24.6. The van der Waals surface area contributed by atoms with Crippen molar-refractivity contribution in [1.29, 1.82) is 0 Å². The molecule has 0 saturated heterocycles. The summed E-state index contributed by atoms with van der Waals surface area (Å²) in [4.78, 5) is 4.87. The van der Waals surface area contributed by atoms with Gasteiger partial charge in [0, 0.05) is 6.20 Å². The number of aromatic nitrogens is 4.